The predicted molar refractivity (Wildman–Crippen MR) is 117 cm³/mol. The molecule has 3 aliphatic rings. The van der Waals surface area contributed by atoms with Crippen LogP contribution in [0.3, 0.4) is 0 Å². The molecule has 0 amide bonds. The Hall–Kier alpha value is -1.95. The molecule has 1 aliphatic heterocycles. The summed E-state index contributed by atoms with van der Waals surface area (Å²) in [6, 6.07) is 6.30. The van der Waals surface area contributed by atoms with Crippen LogP contribution in [0.5, 0.6) is 5.75 Å². The van der Waals surface area contributed by atoms with Gasteiger partial charge in [0.15, 0.2) is 0 Å². The van der Waals surface area contributed by atoms with E-state index in [1.54, 1.807) is 0 Å². The number of aryl methyl sites for hydroxylation is 1. The first-order chi connectivity index (χ1) is 14.8. The van der Waals surface area contributed by atoms with Crippen LogP contribution in [0.25, 0.3) is 5.57 Å². The van der Waals surface area contributed by atoms with Gasteiger partial charge in [-0.05, 0) is 80.2 Å². The Morgan fingerprint density at radius 3 is 2.68 bits per heavy atom. The van der Waals surface area contributed by atoms with Gasteiger partial charge in [-0.15, -0.1) is 0 Å². The van der Waals surface area contributed by atoms with E-state index in [1.165, 1.54) is 22.3 Å². The van der Waals surface area contributed by atoms with E-state index >= 15 is 0 Å². The van der Waals surface area contributed by atoms with Crippen molar-refractivity contribution in [3.63, 3.8) is 0 Å². The van der Waals surface area contributed by atoms with E-state index in [0.29, 0.717) is 38.5 Å². The Morgan fingerprint density at radius 2 is 1.97 bits per heavy atom. The molecule has 170 valence electrons. The second-order valence-corrected chi connectivity index (χ2v) is 9.57. The Balaban J connectivity index is 1.25. The topological polar surface area (TPSA) is 49.8 Å². The van der Waals surface area contributed by atoms with Crippen LogP contribution < -0.4 is 4.74 Å². The Morgan fingerprint density at radius 1 is 1.23 bits per heavy atom. The van der Waals surface area contributed by atoms with Crippen LogP contribution in [-0.4, -0.2) is 48.1 Å². The molecule has 0 aromatic heterocycles. The summed E-state index contributed by atoms with van der Waals surface area (Å²) in [4.78, 5) is 13.2. The lowest BCUT2D eigenvalue weighted by molar-refractivity contribution is -0.147. The van der Waals surface area contributed by atoms with Crippen LogP contribution in [-0.2, 0) is 11.2 Å². The fourth-order valence-corrected chi connectivity index (χ4v) is 5.17. The van der Waals surface area contributed by atoms with Gasteiger partial charge >= 0.3 is 5.97 Å². The zero-order valence-corrected chi connectivity index (χ0v) is 18.3. The molecule has 2 aliphatic carbocycles. The number of carboxylic acid groups (broad SMARTS) is 1. The molecule has 0 atom stereocenters. The average Bonchev–Trinajstić information content (AvgIpc) is 2.70. The number of aliphatic carboxylic acids is 1. The van der Waals surface area contributed by atoms with E-state index in [9.17, 15) is 13.6 Å². The van der Waals surface area contributed by atoms with E-state index in [4.69, 9.17) is 9.84 Å². The van der Waals surface area contributed by atoms with Crippen molar-refractivity contribution in [1.82, 2.24) is 4.90 Å². The standard InChI is InChI=1S/C25H33F2NO3/c1-17-20(14-28-15-21(16-28)24(29)30)5-4-19-13-22(6-7-23(17)19)31-12-2-3-18-8-10-25(26,27)11-9-18/h6-7,13,18,21H,2-5,8-12,14-16H2,1H3,(H,29,30). The van der Waals surface area contributed by atoms with Gasteiger partial charge in [0.2, 0.25) is 5.92 Å². The van der Waals surface area contributed by atoms with E-state index in [2.05, 4.69) is 24.0 Å². The van der Waals surface area contributed by atoms with Crippen LogP contribution in [0.15, 0.2) is 23.8 Å². The number of allylic oxidation sites excluding steroid dienone is 1. The second kappa shape index (κ2) is 9.27. The molecular formula is C25H33F2NO3. The minimum atomic E-state index is -2.45. The summed E-state index contributed by atoms with van der Waals surface area (Å²) in [5.41, 5.74) is 5.29. The predicted octanol–water partition coefficient (Wildman–Crippen LogP) is 5.41. The average molecular weight is 434 g/mol. The molecule has 1 heterocycles. The number of ether oxygens (including phenoxy) is 1. The summed E-state index contributed by atoms with van der Waals surface area (Å²) in [5, 5.41) is 9.05. The summed E-state index contributed by atoms with van der Waals surface area (Å²) in [7, 11) is 0. The van der Waals surface area contributed by atoms with Crippen molar-refractivity contribution in [1.29, 1.82) is 0 Å². The van der Waals surface area contributed by atoms with Gasteiger partial charge in [-0.1, -0.05) is 11.6 Å². The number of hydrogen-bond acceptors (Lipinski definition) is 3. The molecule has 2 fully saturated rings. The number of rotatable bonds is 8. The number of hydrogen-bond donors (Lipinski definition) is 1. The summed E-state index contributed by atoms with van der Waals surface area (Å²) >= 11 is 0. The lowest BCUT2D eigenvalue weighted by Crippen LogP contribution is -2.50. The number of benzene rings is 1. The minimum Gasteiger partial charge on any atom is -0.494 e. The quantitative estimate of drug-likeness (QED) is 0.557. The molecule has 0 bridgehead atoms. The van der Waals surface area contributed by atoms with Crippen molar-refractivity contribution in [2.45, 2.75) is 64.2 Å². The first-order valence-corrected chi connectivity index (χ1v) is 11.6. The molecule has 1 aromatic carbocycles. The van der Waals surface area contributed by atoms with Crippen molar-refractivity contribution in [2.24, 2.45) is 11.8 Å². The molecular weight excluding hydrogens is 400 g/mol. The fourth-order valence-electron chi connectivity index (χ4n) is 5.17. The lowest BCUT2D eigenvalue weighted by atomic mass is 9.84. The maximum atomic E-state index is 13.3. The molecule has 4 nitrogen and oxygen atoms in total. The normalized spacial score (nSPS) is 22.2. The highest BCUT2D eigenvalue weighted by Gasteiger charge is 2.35. The van der Waals surface area contributed by atoms with Gasteiger partial charge in [0, 0.05) is 32.5 Å². The number of carbonyl (C=O) groups is 1. The molecule has 0 radical (unpaired) electrons. The summed E-state index contributed by atoms with van der Waals surface area (Å²) < 4.78 is 32.5. The first kappa shape index (κ1) is 22.3. The summed E-state index contributed by atoms with van der Waals surface area (Å²) in [6.45, 7) is 4.95. The number of halogens is 2. The Labute approximate surface area is 183 Å². The number of likely N-dealkylation sites (tertiary alicyclic amines) is 1. The third kappa shape index (κ3) is 5.46. The highest BCUT2D eigenvalue weighted by molar-refractivity contribution is 5.73. The Bertz CT molecular complexity index is 835. The molecule has 0 unspecified atom stereocenters. The van der Waals surface area contributed by atoms with Gasteiger partial charge in [-0.3, -0.25) is 9.69 Å². The van der Waals surface area contributed by atoms with E-state index < -0.39 is 11.9 Å². The molecule has 1 N–H and O–H groups in total. The van der Waals surface area contributed by atoms with Gasteiger partial charge in [-0.2, -0.15) is 0 Å². The molecule has 4 rings (SSSR count). The SMILES string of the molecule is CC1=C(CN2CC(C(=O)O)C2)CCc2cc(OCCCC3CCC(F)(F)CC3)ccc21. The molecule has 31 heavy (non-hydrogen) atoms. The van der Waals surface area contributed by atoms with E-state index in [0.717, 1.165) is 38.0 Å². The number of alkyl halides is 2. The molecule has 1 aromatic rings. The molecule has 0 spiro atoms. The van der Waals surface area contributed by atoms with Crippen molar-refractivity contribution in [2.75, 3.05) is 26.2 Å². The maximum absolute atomic E-state index is 13.3. The summed E-state index contributed by atoms with van der Waals surface area (Å²) in [5.74, 6) is -2.05. The van der Waals surface area contributed by atoms with Crippen molar-refractivity contribution >= 4 is 11.5 Å². The first-order valence-electron chi connectivity index (χ1n) is 11.6. The number of fused-ring (bicyclic) bond motifs is 1. The van der Waals surface area contributed by atoms with Gasteiger partial charge in [-0.25, -0.2) is 8.78 Å². The van der Waals surface area contributed by atoms with Crippen LogP contribution in [0.2, 0.25) is 0 Å². The maximum Gasteiger partial charge on any atom is 0.309 e. The second-order valence-electron chi connectivity index (χ2n) is 9.57. The van der Waals surface area contributed by atoms with Crippen LogP contribution in [0.4, 0.5) is 8.78 Å². The van der Waals surface area contributed by atoms with Gasteiger partial charge in [0.1, 0.15) is 5.75 Å². The largest absolute Gasteiger partial charge is 0.494 e. The van der Waals surface area contributed by atoms with Crippen molar-refractivity contribution in [3.05, 3.63) is 34.9 Å². The van der Waals surface area contributed by atoms with E-state index in [-0.39, 0.29) is 18.8 Å². The summed E-state index contributed by atoms with van der Waals surface area (Å²) in [6.07, 6.45) is 5.19. The zero-order chi connectivity index (χ0) is 22.0. The van der Waals surface area contributed by atoms with E-state index in [1.807, 2.05) is 6.07 Å². The fraction of sp³-hybridized carbons (Fsp3) is 0.640. The van der Waals surface area contributed by atoms with Gasteiger partial charge in [0.05, 0.1) is 12.5 Å². The van der Waals surface area contributed by atoms with Gasteiger partial charge < -0.3 is 9.84 Å². The molecule has 1 saturated carbocycles. The molecule has 6 heteroatoms. The number of nitrogens with zero attached hydrogens (tertiary/aromatic N) is 1. The molecule has 1 saturated heterocycles. The highest BCUT2D eigenvalue weighted by atomic mass is 19.3. The van der Waals surface area contributed by atoms with Crippen LogP contribution in [0.1, 0.15) is 63.0 Å². The van der Waals surface area contributed by atoms with Crippen LogP contribution in [0, 0.1) is 11.8 Å². The zero-order valence-electron chi connectivity index (χ0n) is 18.3. The van der Waals surface area contributed by atoms with Crippen LogP contribution >= 0.6 is 0 Å². The third-order valence-electron chi connectivity index (χ3n) is 7.29. The number of carboxylic acids is 1. The smallest absolute Gasteiger partial charge is 0.309 e. The minimum absolute atomic E-state index is 0.0378. The third-order valence-corrected chi connectivity index (χ3v) is 7.29. The Kier molecular flexibility index (Phi) is 6.65. The monoisotopic (exact) mass is 433 g/mol. The van der Waals surface area contributed by atoms with Crippen molar-refractivity contribution in [3.8, 4) is 5.75 Å². The highest BCUT2D eigenvalue weighted by Crippen LogP contribution is 2.38. The van der Waals surface area contributed by atoms with Crippen molar-refractivity contribution < 1.29 is 23.4 Å². The van der Waals surface area contributed by atoms with Gasteiger partial charge in [0.25, 0.3) is 0 Å². The lowest BCUT2D eigenvalue weighted by Gasteiger charge is -2.38.